The van der Waals surface area contributed by atoms with Gasteiger partial charge < -0.3 is 10.1 Å². The topological polar surface area (TPSA) is 21.3 Å². The minimum Gasteiger partial charge on any atom is -0.487 e. The highest BCUT2D eigenvalue weighted by molar-refractivity contribution is 9.10. The fourth-order valence-electron chi connectivity index (χ4n) is 2.31. The number of hydrogen-bond donors (Lipinski definition) is 1. The van der Waals surface area contributed by atoms with Crippen LogP contribution in [0.25, 0.3) is 0 Å². The molecule has 0 saturated heterocycles. The zero-order chi connectivity index (χ0) is 11.7. The largest absolute Gasteiger partial charge is 0.487 e. The van der Waals surface area contributed by atoms with Gasteiger partial charge in [-0.2, -0.15) is 0 Å². The molecule has 88 valence electrons. The zero-order valence-corrected chi connectivity index (χ0v) is 11.6. The summed E-state index contributed by atoms with van der Waals surface area (Å²) in [6.07, 6.45) is 1.28. The van der Waals surface area contributed by atoms with Gasteiger partial charge in [0.05, 0.1) is 10.5 Å². The van der Waals surface area contributed by atoms with Crippen LogP contribution in [0.15, 0.2) is 16.6 Å². The lowest BCUT2D eigenvalue weighted by Gasteiger charge is -2.17. The van der Waals surface area contributed by atoms with Crippen molar-refractivity contribution in [3.63, 3.8) is 0 Å². The molecule has 3 heteroatoms. The van der Waals surface area contributed by atoms with Gasteiger partial charge in [0.25, 0.3) is 0 Å². The monoisotopic (exact) mass is 283 g/mol. The van der Waals surface area contributed by atoms with Crippen LogP contribution in [0.5, 0.6) is 5.75 Å². The molecule has 16 heavy (non-hydrogen) atoms. The maximum atomic E-state index is 6.00. The molecule has 0 bridgehead atoms. The van der Waals surface area contributed by atoms with Crippen molar-refractivity contribution in [1.29, 1.82) is 0 Å². The first-order valence-electron chi connectivity index (χ1n) is 5.87. The second-order valence-corrected chi connectivity index (χ2v) is 5.12. The molecular weight excluding hydrogens is 266 g/mol. The molecule has 0 aromatic heterocycles. The second kappa shape index (κ2) is 4.76. The van der Waals surface area contributed by atoms with Gasteiger partial charge in [-0.3, -0.25) is 0 Å². The highest BCUT2D eigenvalue weighted by atomic mass is 79.9. The Morgan fingerprint density at radius 1 is 1.38 bits per heavy atom. The lowest BCUT2D eigenvalue weighted by molar-refractivity contribution is 0.185. The maximum absolute atomic E-state index is 6.00. The molecule has 0 radical (unpaired) electrons. The molecule has 1 aromatic rings. The summed E-state index contributed by atoms with van der Waals surface area (Å²) in [6, 6.07) is 4.67. The number of nitrogens with one attached hydrogen (secondary N) is 1. The Morgan fingerprint density at radius 3 is 2.75 bits per heavy atom. The van der Waals surface area contributed by atoms with Crippen molar-refractivity contribution in [2.24, 2.45) is 0 Å². The average Bonchev–Trinajstić information content (AvgIpc) is 2.58. The van der Waals surface area contributed by atoms with Gasteiger partial charge in [-0.05, 0) is 47.4 Å². The second-order valence-electron chi connectivity index (χ2n) is 4.26. The van der Waals surface area contributed by atoms with E-state index in [2.05, 4.69) is 54.2 Å². The molecule has 1 heterocycles. The Morgan fingerprint density at radius 2 is 2.12 bits per heavy atom. The van der Waals surface area contributed by atoms with Crippen molar-refractivity contribution in [2.45, 2.75) is 39.3 Å². The average molecular weight is 284 g/mol. The SMILES string of the molecule is CCNC1c2cc(C)cc(Br)c2OC1CC. The van der Waals surface area contributed by atoms with Gasteiger partial charge in [0.2, 0.25) is 0 Å². The molecule has 0 amide bonds. The predicted molar refractivity (Wildman–Crippen MR) is 70.0 cm³/mol. The summed E-state index contributed by atoms with van der Waals surface area (Å²) in [5.41, 5.74) is 2.56. The molecule has 1 N–H and O–H groups in total. The van der Waals surface area contributed by atoms with Crippen molar-refractivity contribution in [2.75, 3.05) is 6.54 Å². The number of halogens is 1. The summed E-state index contributed by atoms with van der Waals surface area (Å²) >= 11 is 3.58. The summed E-state index contributed by atoms with van der Waals surface area (Å²) in [4.78, 5) is 0. The van der Waals surface area contributed by atoms with E-state index < -0.39 is 0 Å². The van der Waals surface area contributed by atoms with Crippen LogP contribution in [0.1, 0.15) is 37.4 Å². The summed E-state index contributed by atoms with van der Waals surface area (Å²) < 4.78 is 7.07. The predicted octanol–water partition coefficient (Wildman–Crippen LogP) is 3.58. The van der Waals surface area contributed by atoms with Crippen molar-refractivity contribution >= 4 is 15.9 Å². The van der Waals surface area contributed by atoms with E-state index in [4.69, 9.17) is 4.74 Å². The van der Waals surface area contributed by atoms with Gasteiger partial charge in [-0.1, -0.05) is 19.9 Å². The summed E-state index contributed by atoms with van der Waals surface area (Å²) in [5.74, 6) is 1.02. The van der Waals surface area contributed by atoms with Crippen LogP contribution in [-0.2, 0) is 0 Å². The van der Waals surface area contributed by atoms with Gasteiger partial charge in [0.1, 0.15) is 11.9 Å². The van der Waals surface area contributed by atoms with E-state index in [1.54, 1.807) is 0 Å². The van der Waals surface area contributed by atoms with Crippen LogP contribution in [0.2, 0.25) is 0 Å². The fourth-order valence-corrected chi connectivity index (χ4v) is 2.99. The van der Waals surface area contributed by atoms with Crippen LogP contribution in [0.4, 0.5) is 0 Å². The number of rotatable bonds is 3. The first-order chi connectivity index (χ1) is 7.67. The number of likely N-dealkylation sites (N-methyl/N-ethyl adjacent to an activating group) is 1. The van der Waals surface area contributed by atoms with Crippen molar-refractivity contribution in [3.8, 4) is 5.75 Å². The van der Waals surface area contributed by atoms with Crippen molar-refractivity contribution in [3.05, 3.63) is 27.7 Å². The number of hydrogen-bond acceptors (Lipinski definition) is 2. The van der Waals surface area contributed by atoms with E-state index in [0.29, 0.717) is 6.04 Å². The third-order valence-corrected chi connectivity index (χ3v) is 3.61. The summed E-state index contributed by atoms with van der Waals surface area (Å²) in [7, 11) is 0. The summed E-state index contributed by atoms with van der Waals surface area (Å²) in [5, 5.41) is 3.51. The normalized spacial score (nSPS) is 23.0. The van der Waals surface area contributed by atoms with Crippen LogP contribution in [0.3, 0.4) is 0 Å². The Labute approximate surface area is 106 Å². The van der Waals surface area contributed by atoms with Crippen LogP contribution in [0, 0.1) is 6.92 Å². The maximum Gasteiger partial charge on any atom is 0.138 e. The minimum absolute atomic E-state index is 0.257. The van der Waals surface area contributed by atoms with E-state index in [1.807, 2.05) is 0 Å². The molecule has 0 spiro atoms. The summed E-state index contributed by atoms with van der Waals surface area (Å²) in [6.45, 7) is 7.39. The standard InChI is InChI=1S/C13H18BrNO/c1-4-11-12(15-5-2)9-6-8(3)7-10(14)13(9)16-11/h6-7,11-12,15H,4-5H2,1-3H3. The number of ether oxygens (including phenoxy) is 1. The molecular formula is C13H18BrNO. The van der Waals surface area contributed by atoms with E-state index in [9.17, 15) is 0 Å². The van der Waals surface area contributed by atoms with Gasteiger partial charge in [-0.25, -0.2) is 0 Å². The third-order valence-electron chi connectivity index (χ3n) is 3.02. The molecule has 2 unspecified atom stereocenters. The van der Waals surface area contributed by atoms with Crippen molar-refractivity contribution in [1.82, 2.24) is 5.32 Å². The van der Waals surface area contributed by atoms with Crippen LogP contribution < -0.4 is 10.1 Å². The Hall–Kier alpha value is -0.540. The molecule has 0 aliphatic carbocycles. The van der Waals surface area contributed by atoms with Gasteiger partial charge in [0.15, 0.2) is 0 Å². The molecule has 1 aliphatic heterocycles. The van der Waals surface area contributed by atoms with E-state index in [1.165, 1.54) is 11.1 Å². The Kier molecular flexibility index (Phi) is 3.55. The third kappa shape index (κ3) is 1.98. The molecule has 2 nitrogen and oxygen atoms in total. The quantitative estimate of drug-likeness (QED) is 0.916. The minimum atomic E-state index is 0.257. The number of aryl methyl sites for hydroxylation is 1. The lowest BCUT2D eigenvalue weighted by Crippen LogP contribution is -2.30. The fraction of sp³-hybridized carbons (Fsp3) is 0.538. The lowest BCUT2D eigenvalue weighted by atomic mass is 10.0. The number of benzene rings is 1. The van der Waals surface area contributed by atoms with Gasteiger partial charge in [0, 0.05) is 5.56 Å². The molecule has 0 fully saturated rings. The van der Waals surface area contributed by atoms with E-state index in [0.717, 1.165) is 23.2 Å². The smallest absolute Gasteiger partial charge is 0.138 e. The number of fused-ring (bicyclic) bond motifs is 1. The Bertz CT molecular complexity index is 392. The Balaban J connectivity index is 2.41. The van der Waals surface area contributed by atoms with Gasteiger partial charge in [-0.15, -0.1) is 0 Å². The van der Waals surface area contributed by atoms with Crippen molar-refractivity contribution < 1.29 is 4.74 Å². The molecule has 2 atom stereocenters. The van der Waals surface area contributed by atoms with E-state index in [-0.39, 0.29) is 6.10 Å². The molecule has 1 aromatic carbocycles. The first kappa shape index (κ1) is 11.9. The van der Waals surface area contributed by atoms with Crippen LogP contribution in [-0.4, -0.2) is 12.6 Å². The molecule has 2 rings (SSSR count). The highest BCUT2D eigenvalue weighted by Crippen LogP contribution is 2.43. The highest BCUT2D eigenvalue weighted by Gasteiger charge is 2.33. The van der Waals surface area contributed by atoms with Gasteiger partial charge >= 0.3 is 0 Å². The zero-order valence-electron chi connectivity index (χ0n) is 10.0. The van der Waals surface area contributed by atoms with Crippen LogP contribution >= 0.6 is 15.9 Å². The molecule has 0 saturated carbocycles. The van der Waals surface area contributed by atoms with E-state index >= 15 is 0 Å². The molecule has 1 aliphatic rings. The first-order valence-corrected chi connectivity index (χ1v) is 6.66.